The number of anilines is 1. The zero-order chi connectivity index (χ0) is 23.6. The summed E-state index contributed by atoms with van der Waals surface area (Å²) in [6.45, 7) is 6.66. The topological polar surface area (TPSA) is 76.0 Å². The molecule has 3 aromatic rings. The molecule has 0 radical (unpaired) electrons. The fourth-order valence-corrected chi connectivity index (χ4v) is 4.65. The summed E-state index contributed by atoms with van der Waals surface area (Å²) >= 11 is 1.73. The van der Waals surface area contributed by atoms with E-state index in [4.69, 9.17) is 0 Å². The standard InChI is InChI=1S/C25H27FN4O2S/c1-25(2,3)18-8-6-17(7-9-18)24(32)28-23-20-14-33-15-21(20)29-30(23)13-22(31)27-12-16-4-10-19(26)11-5-16/h4-11H,12-15H2,1-3H3,(H,27,31)(H,28,32). The van der Waals surface area contributed by atoms with Crippen LogP contribution in [0.5, 0.6) is 0 Å². The first-order valence-corrected chi connectivity index (χ1v) is 12.0. The number of aromatic nitrogens is 2. The van der Waals surface area contributed by atoms with Gasteiger partial charge < -0.3 is 10.6 Å². The number of thioether (sulfide) groups is 1. The van der Waals surface area contributed by atoms with Gasteiger partial charge in [0.25, 0.3) is 5.91 Å². The maximum absolute atomic E-state index is 13.1. The monoisotopic (exact) mass is 466 g/mol. The van der Waals surface area contributed by atoms with Crippen molar-refractivity contribution in [3.05, 3.63) is 82.3 Å². The number of hydrogen-bond acceptors (Lipinski definition) is 4. The first kappa shape index (κ1) is 23.0. The molecule has 0 unspecified atom stereocenters. The predicted molar refractivity (Wildman–Crippen MR) is 129 cm³/mol. The van der Waals surface area contributed by atoms with Crippen LogP contribution in [0.15, 0.2) is 48.5 Å². The molecule has 0 saturated carbocycles. The predicted octanol–water partition coefficient (Wildman–Crippen LogP) is 4.64. The van der Waals surface area contributed by atoms with Crippen molar-refractivity contribution in [2.24, 2.45) is 0 Å². The van der Waals surface area contributed by atoms with E-state index in [9.17, 15) is 14.0 Å². The highest BCUT2D eigenvalue weighted by atomic mass is 32.2. The summed E-state index contributed by atoms with van der Waals surface area (Å²) < 4.78 is 14.6. The van der Waals surface area contributed by atoms with Crippen molar-refractivity contribution in [3.63, 3.8) is 0 Å². The molecular formula is C25H27FN4O2S. The van der Waals surface area contributed by atoms with Gasteiger partial charge in [-0.05, 0) is 40.8 Å². The summed E-state index contributed by atoms with van der Waals surface area (Å²) in [5.41, 5.74) is 4.37. The molecule has 2 heterocycles. The Hall–Kier alpha value is -3.13. The van der Waals surface area contributed by atoms with E-state index in [1.54, 1.807) is 28.6 Å². The second-order valence-electron chi connectivity index (χ2n) is 9.11. The number of nitrogens with one attached hydrogen (secondary N) is 2. The van der Waals surface area contributed by atoms with Gasteiger partial charge in [0.05, 0.1) is 5.69 Å². The normalized spacial score (nSPS) is 13.0. The Morgan fingerprint density at radius 2 is 1.76 bits per heavy atom. The summed E-state index contributed by atoms with van der Waals surface area (Å²) in [6, 6.07) is 13.6. The van der Waals surface area contributed by atoms with Crippen LogP contribution in [0, 0.1) is 5.82 Å². The van der Waals surface area contributed by atoms with Crippen molar-refractivity contribution in [3.8, 4) is 0 Å². The van der Waals surface area contributed by atoms with E-state index < -0.39 is 0 Å². The van der Waals surface area contributed by atoms with Gasteiger partial charge in [-0.2, -0.15) is 16.9 Å². The number of benzene rings is 2. The second kappa shape index (κ2) is 9.39. The Morgan fingerprint density at radius 3 is 2.42 bits per heavy atom. The van der Waals surface area contributed by atoms with E-state index in [1.807, 2.05) is 24.3 Å². The molecule has 0 saturated heterocycles. The Kier molecular flexibility index (Phi) is 6.56. The highest BCUT2D eigenvalue weighted by Crippen LogP contribution is 2.35. The lowest BCUT2D eigenvalue weighted by Gasteiger charge is -2.19. The van der Waals surface area contributed by atoms with Crippen LogP contribution in [0.4, 0.5) is 10.2 Å². The van der Waals surface area contributed by atoms with Crippen LogP contribution in [0.2, 0.25) is 0 Å². The SMILES string of the molecule is CC(C)(C)c1ccc(C(=O)Nc2c3c(nn2CC(=O)NCc2ccc(F)cc2)CSC3)cc1. The Morgan fingerprint density at radius 1 is 1.06 bits per heavy atom. The van der Waals surface area contributed by atoms with Crippen molar-refractivity contribution in [2.45, 2.75) is 50.8 Å². The van der Waals surface area contributed by atoms with Crippen LogP contribution in [0.3, 0.4) is 0 Å². The third-order valence-electron chi connectivity index (χ3n) is 5.56. The van der Waals surface area contributed by atoms with Crippen molar-refractivity contribution in [1.82, 2.24) is 15.1 Å². The minimum absolute atomic E-state index is 0.00689. The molecule has 0 bridgehead atoms. The number of nitrogens with zero attached hydrogens (tertiary/aromatic N) is 2. The highest BCUT2D eigenvalue weighted by molar-refractivity contribution is 7.98. The van der Waals surface area contributed by atoms with Crippen LogP contribution in [-0.2, 0) is 34.8 Å². The zero-order valence-corrected chi connectivity index (χ0v) is 19.8. The first-order chi connectivity index (χ1) is 15.7. The van der Waals surface area contributed by atoms with Gasteiger partial charge in [0.15, 0.2) is 0 Å². The quantitative estimate of drug-likeness (QED) is 0.555. The summed E-state index contributed by atoms with van der Waals surface area (Å²) in [5.74, 6) is 1.27. The lowest BCUT2D eigenvalue weighted by molar-refractivity contribution is -0.122. The molecule has 0 aliphatic carbocycles. The Bertz CT molecular complexity index is 1160. The second-order valence-corrected chi connectivity index (χ2v) is 10.1. The number of carbonyl (C=O) groups is 2. The van der Waals surface area contributed by atoms with Crippen molar-refractivity contribution < 1.29 is 14.0 Å². The summed E-state index contributed by atoms with van der Waals surface area (Å²) in [4.78, 5) is 25.5. The lowest BCUT2D eigenvalue weighted by Crippen LogP contribution is -2.28. The third kappa shape index (κ3) is 5.45. The van der Waals surface area contributed by atoms with Gasteiger partial charge >= 0.3 is 0 Å². The maximum Gasteiger partial charge on any atom is 0.256 e. The molecule has 33 heavy (non-hydrogen) atoms. The van der Waals surface area contributed by atoms with E-state index in [0.29, 0.717) is 11.4 Å². The van der Waals surface area contributed by atoms with Gasteiger partial charge in [-0.15, -0.1) is 0 Å². The van der Waals surface area contributed by atoms with Gasteiger partial charge in [-0.25, -0.2) is 9.07 Å². The zero-order valence-electron chi connectivity index (χ0n) is 18.9. The molecule has 0 atom stereocenters. The van der Waals surface area contributed by atoms with Gasteiger partial charge in [-0.1, -0.05) is 45.0 Å². The molecule has 4 rings (SSSR count). The van der Waals surface area contributed by atoms with Gasteiger partial charge in [-0.3, -0.25) is 9.59 Å². The largest absolute Gasteiger partial charge is 0.350 e. The average Bonchev–Trinajstić information content (AvgIpc) is 3.35. The Labute approximate surface area is 197 Å². The van der Waals surface area contributed by atoms with Crippen LogP contribution in [-0.4, -0.2) is 21.6 Å². The summed E-state index contributed by atoms with van der Waals surface area (Å²) in [5, 5.41) is 10.4. The van der Waals surface area contributed by atoms with E-state index >= 15 is 0 Å². The van der Waals surface area contributed by atoms with Gasteiger partial charge in [0.2, 0.25) is 5.91 Å². The summed E-state index contributed by atoms with van der Waals surface area (Å²) in [7, 11) is 0. The van der Waals surface area contributed by atoms with Crippen LogP contribution >= 0.6 is 11.8 Å². The van der Waals surface area contributed by atoms with E-state index in [1.165, 1.54) is 12.1 Å². The fourth-order valence-electron chi connectivity index (χ4n) is 3.62. The molecule has 2 aromatic carbocycles. The average molecular weight is 467 g/mol. The molecule has 2 N–H and O–H groups in total. The molecule has 0 fully saturated rings. The highest BCUT2D eigenvalue weighted by Gasteiger charge is 2.25. The molecule has 1 aromatic heterocycles. The number of amides is 2. The number of halogens is 1. The minimum atomic E-state index is -0.317. The van der Waals surface area contributed by atoms with Crippen LogP contribution < -0.4 is 10.6 Å². The van der Waals surface area contributed by atoms with Crippen molar-refractivity contribution in [2.75, 3.05) is 5.32 Å². The Balaban J connectivity index is 1.46. The first-order valence-electron chi connectivity index (χ1n) is 10.8. The fraction of sp³-hybridized carbons (Fsp3) is 0.320. The third-order valence-corrected chi connectivity index (χ3v) is 6.53. The van der Waals surface area contributed by atoms with E-state index in [2.05, 4.69) is 36.5 Å². The molecule has 0 spiro atoms. The molecule has 8 heteroatoms. The lowest BCUT2D eigenvalue weighted by atomic mass is 9.87. The van der Waals surface area contributed by atoms with Gasteiger partial charge in [0, 0.05) is 29.2 Å². The molecule has 1 aliphatic heterocycles. The molecular weight excluding hydrogens is 439 g/mol. The minimum Gasteiger partial charge on any atom is -0.350 e. The van der Waals surface area contributed by atoms with E-state index in [-0.39, 0.29) is 36.1 Å². The smallest absolute Gasteiger partial charge is 0.256 e. The number of carbonyl (C=O) groups excluding carboxylic acids is 2. The van der Waals surface area contributed by atoms with Crippen LogP contribution in [0.1, 0.15) is 53.5 Å². The van der Waals surface area contributed by atoms with Crippen molar-refractivity contribution >= 4 is 29.4 Å². The number of rotatable bonds is 6. The molecule has 1 aliphatic rings. The molecule has 2 amide bonds. The van der Waals surface area contributed by atoms with Crippen LogP contribution in [0.25, 0.3) is 0 Å². The van der Waals surface area contributed by atoms with E-state index in [0.717, 1.165) is 33.9 Å². The molecule has 6 nitrogen and oxygen atoms in total. The number of hydrogen-bond donors (Lipinski definition) is 2. The molecule has 172 valence electrons. The van der Waals surface area contributed by atoms with Gasteiger partial charge in [0.1, 0.15) is 18.2 Å². The summed E-state index contributed by atoms with van der Waals surface area (Å²) in [6.07, 6.45) is 0. The number of fused-ring (bicyclic) bond motifs is 1. The van der Waals surface area contributed by atoms with Crippen molar-refractivity contribution in [1.29, 1.82) is 0 Å². The maximum atomic E-state index is 13.1.